The summed E-state index contributed by atoms with van der Waals surface area (Å²) in [5.41, 5.74) is 11.7. The average Bonchev–Trinajstić information content (AvgIpc) is 2.16. The number of ether oxygens (including phenoxy) is 1. The molecule has 0 heterocycles. The Morgan fingerprint density at radius 2 is 2.08 bits per heavy atom. The van der Waals surface area contributed by atoms with Crippen LogP contribution in [0.2, 0.25) is 5.02 Å². The maximum absolute atomic E-state index is 5.92. The normalized spacial score (nSPS) is 10.1. The molecule has 0 bridgehead atoms. The van der Waals surface area contributed by atoms with E-state index in [4.69, 9.17) is 27.8 Å². The van der Waals surface area contributed by atoms with Crippen molar-refractivity contribution in [3.63, 3.8) is 0 Å². The van der Waals surface area contributed by atoms with Crippen molar-refractivity contribution in [1.82, 2.24) is 0 Å². The van der Waals surface area contributed by atoms with Crippen molar-refractivity contribution in [1.29, 1.82) is 0 Å². The zero-order chi connectivity index (χ0) is 9.68. The van der Waals surface area contributed by atoms with Crippen molar-refractivity contribution in [2.45, 2.75) is 6.54 Å². The summed E-state index contributed by atoms with van der Waals surface area (Å²) in [4.78, 5) is 0. The standard InChI is InChI=1S/C9H13ClN2O/c10-8-5-7(6-12)1-2-9(8)13-4-3-11/h1-2,5H,3-4,6,11-12H2. The minimum absolute atomic E-state index is 0.474. The van der Waals surface area contributed by atoms with Crippen molar-refractivity contribution in [3.8, 4) is 5.75 Å². The molecule has 0 saturated heterocycles. The lowest BCUT2D eigenvalue weighted by atomic mass is 10.2. The molecule has 0 saturated carbocycles. The highest BCUT2D eigenvalue weighted by molar-refractivity contribution is 6.32. The Morgan fingerprint density at radius 1 is 1.31 bits per heavy atom. The summed E-state index contributed by atoms with van der Waals surface area (Å²) in [7, 11) is 0. The van der Waals surface area contributed by atoms with E-state index < -0.39 is 0 Å². The number of hydrogen-bond acceptors (Lipinski definition) is 3. The first-order valence-corrected chi connectivity index (χ1v) is 4.47. The van der Waals surface area contributed by atoms with Gasteiger partial charge in [0, 0.05) is 13.1 Å². The summed E-state index contributed by atoms with van der Waals surface area (Å²) >= 11 is 5.92. The summed E-state index contributed by atoms with van der Waals surface area (Å²) in [5.74, 6) is 0.657. The number of benzene rings is 1. The molecule has 0 fully saturated rings. The predicted molar refractivity (Wildman–Crippen MR) is 53.9 cm³/mol. The lowest BCUT2D eigenvalue weighted by Crippen LogP contribution is -2.10. The zero-order valence-corrected chi connectivity index (χ0v) is 8.05. The van der Waals surface area contributed by atoms with Crippen molar-refractivity contribution in [3.05, 3.63) is 28.8 Å². The van der Waals surface area contributed by atoms with Gasteiger partial charge in [-0.05, 0) is 17.7 Å². The highest BCUT2D eigenvalue weighted by atomic mass is 35.5. The molecule has 72 valence electrons. The third-order valence-corrected chi connectivity index (χ3v) is 1.90. The van der Waals surface area contributed by atoms with Crippen LogP contribution >= 0.6 is 11.6 Å². The molecule has 13 heavy (non-hydrogen) atoms. The van der Waals surface area contributed by atoms with E-state index in [0.29, 0.717) is 30.5 Å². The van der Waals surface area contributed by atoms with E-state index in [2.05, 4.69) is 0 Å². The molecule has 0 unspecified atom stereocenters. The summed E-state index contributed by atoms with van der Waals surface area (Å²) in [6.07, 6.45) is 0. The number of nitrogens with two attached hydrogens (primary N) is 2. The van der Waals surface area contributed by atoms with Gasteiger partial charge in [0.15, 0.2) is 0 Å². The maximum atomic E-state index is 5.92. The van der Waals surface area contributed by atoms with Gasteiger partial charge in [0.25, 0.3) is 0 Å². The molecule has 0 amide bonds. The fourth-order valence-electron chi connectivity index (χ4n) is 0.957. The summed E-state index contributed by atoms with van der Waals surface area (Å²) in [6.45, 7) is 1.44. The number of hydrogen-bond donors (Lipinski definition) is 2. The Hall–Kier alpha value is -0.770. The summed E-state index contributed by atoms with van der Waals surface area (Å²) in [6, 6.07) is 5.49. The Morgan fingerprint density at radius 3 is 2.62 bits per heavy atom. The SMILES string of the molecule is NCCOc1ccc(CN)cc1Cl. The third kappa shape index (κ3) is 2.88. The molecule has 1 aromatic rings. The number of halogens is 1. The second kappa shape index (κ2) is 5.07. The van der Waals surface area contributed by atoms with Crippen LogP contribution in [-0.4, -0.2) is 13.2 Å². The van der Waals surface area contributed by atoms with Crippen molar-refractivity contribution >= 4 is 11.6 Å². The second-order valence-electron chi connectivity index (χ2n) is 2.61. The van der Waals surface area contributed by atoms with Crippen LogP contribution in [0.3, 0.4) is 0 Å². The van der Waals surface area contributed by atoms with Crippen LogP contribution in [-0.2, 0) is 6.54 Å². The van der Waals surface area contributed by atoms with Gasteiger partial charge < -0.3 is 16.2 Å². The summed E-state index contributed by atoms with van der Waals surface area (Å²) in [5, 5.41) is 0.580. The molecule has 0 atom stereocenters. The number of rotatable bonds is 4. The molecule has 1 rings (SSSR count). The Labute approximate surface area is 82.6 Å². The highest BCUT2D eigenvalue weighted by Gasteiger charge is 2.01. The van der Waals surface area contributed by atoms with Crippen molar-refractivity contribution in [2.24, 2.45) is 11.5 Å². The van der Waals surface area contributed by atoms with Gasteiger partial charge in [0.2, 0.25) is 0 Å². The van der Waals surface area contributed by atoms with Crippen LogP contribution in [0.5, 0.6) is 5.75 Å². The monoisotopic (exact) mass is 200 g/mol. The first-order valence-electron chi connectivity index (χ1n) is 4.09. The summed E-state index contributed by atoms with van der Waals surface area (Å²) < 4.78 is 5.29. The lowest BCUT2D eigenvalue weighted by Gasteiger charge is -2.07. The molecule has 3 nitrogen and oxygen atoms in total. The fraction of sp³-hybridized carbons (Fsp3) is 0.333. The average molecular weight is 201 g/mol. The Bertz CT molecular complexity index is 278. The van der Waals surface area contributed by atoms with E-state index >= 15 is 0 Å². The second-order valence-corrected chi connectivity index (χ2v) is 3.01. The molecule has 0 aliphatic rings. The molecule has 0 radical (unpaired) electrons. The maximum Gasteiger partial charge on any atom is 0.137 e. The molecule has 0 aliphatic heterocycles. The van der Waals surface area contributed by atoms with Gasteiger partial charge in [0.1, 0.15) is 12.4 Å². The van der Waals surface area contributed by atoms with Crippen LogP contribution in [0.1, 0.15) is 5.56 Å². The van der Waals surface area contributed by atoms with E-state index in [0.717, 1.165) is 5.56 Å². The largest absolute Gasteiger partial charge is 0.491 e. The predicted octanol–water partition coefficient (Wildman–Crippen LogP) is 1.14. The van der Waals surface area contributed by atoms with Crippen LogP contribution in [0.25, 0.3) is 0 Å². The Kier molecular flexibility index (Phi) is 4.02. The van der Waals surface area contributed by atoms with Gasteiger partial charge in [-0.15, -0.1) is 0 Å². The van der Waals surface area contributed by atoms with Gasteiger partial charge in [-0.2, -0.15) is 0 Å². The topological polar surface area (TPSA) is 61.3 Å². The molecule has 4 N–H and O–H groups in total. The minimum Gasteiger partial charge on any atom is -0.491 e. The van der Waals surface area contributed by atoms with E-state index in [9.17, 15) is 0 Å². The van der Waals surface area contributed by atoms with E-state index in [1.807, 2.05) is 6.07 Å². The van der Waals surface area contributed by atoms with E-state index in [-0.39, 0.29) is 0 Å². The molecule has 1 aromatic carbocycles. The van der Waals surface area contributed by atoms with Crippen molar-refractivity contribution in [2.75, 3.05) is 13.2 Å². The van der Waals surface area contributed by atoms with Gasteiger partial charge >= 0.3 is 0 Å². The van der Waals surface area contributed by atoms with Gasteiger partial charge in [0.05, 0.1) is 5.02 Å². The molecule has 0 aliphatic carbocycles. The fourth-order valence-corrected chi connectivity index (χ4v) is 1.21. The molecule has 0 aromatic heterocycles. The minimum atomic E-state index is 0.474. The van der Waals surface area contributed by atoms with Gasteiger partial charge in [-0.1, -0.05) is 17.7 Å². The van der Waals surface area contributed by atoms with Gasteiger partial charge in [-0.25, -0.2) is 0 Å². The first kappa shape index (κ1) is 10.3. The molecule has 4 heteroatoms. The van der Waals surface area contributed by atoms with Crippen LogP contribution in [0.4, 0.5) is 0 Å². The zero-order valence-electron chi connectivity index (χ0n) is 7.29. The third-order valence-electron chi connectivity index (χ3n) is 1.61. The van der Waals surface area contributed by atoms with Crippen LogP contribution in [0, 0.1) is 0 Å². The quantitative estimate of drug-likeness (QED) is 0.766. The first-order chi connectivity index (χ1) is 6.27. The van der Waals surface area contributed by atoms with Crippen LogP contribution < -0.4 is 16.2 Å². The molecule has 0 spiro atoms. The van der Waals surface area contributed by atoms with E-state index in [1.54, 1.807) is 12.1 Å². The van der Waals surface area contributed by atoms with Gasteiger partial charge in [-0.3, -0.25) is 0 Å². The molecular formula is C9H13ClN2O. The van der Waals surface area contributed by atoms with Crippen LogP contribution in [0.15, 0.2) is 18.2 Å². The lowest BCUT2D eigenvalue weighted by molar-refractivity contribution is 0.328. The highest BCUT2D eigenvalue weighted by Crippen LogP contribution is 2.24. The Balaban J connectivity index is 2.73. The smallest absolute Gasteiger partial charge is 0.137 e. The van der Waals surface area contributed by atoms with E-state index in [1.165, 1.54) is 0 Å². The van der Waals surface area contributed by atoms with Crippen molar-refractivity contribution < 1.29 is 4.74 Å². The molecular weight excluding hydrogens is 188 g/mol.